The topological polar surface area (TPSA) is 65.0 Å². The molecule has 5 nitrogen and oxygen atoms in total. The van der Waals surface area contributed by atoms with Crippen molar-refractivity contribution in [3.05, 3.63) is 12.7 Å². The lowest BCUT2D eigenvalue weighted by molar-refractivity contribution is -0.137. The number of carboxylic acid groups (broad SMARTS) is 1. The van der Waals surface area contributed by atoms with Gasteiger partial charge < -0.3 is 19.3 Å². The second-order valence-corrected chi connectivity index (χ2v) is 9.78. The van der Waals surface area contributed by atoms with E-state index >= 15 is 0 Å². The van der Waals surface area contributed by atoms with Crippen LogP contribution in [0.15, 0.2) is 12.7 Å². The fourth-order valence-electron chi connectivity index (χ4n) is 4.19. The van der Waals surface area contributed by atoms with E-state index in [1.165, 1.54) is 116 Å². The summed E-state index contributed by atoms with van der Waals surface area (Å²) in [5, 5.41) is 8.52. The van der Waals surface area contributed by atoms with E-state index in [0.29, 0.717) is 39.5 Å². The van der Waals surface area contributed by atoms with Crippen LogP contribution in [0, 0.1) is 0 Å². The molecule has 0 fully saturated rings. The van der Waals surface area contributed by atoms with Crippen molar-refractivity contribution in [1.29, 1.82) is 0 Å². The zero-order valence-corrected chi connectivity index (χ0v) is 23.0. The highest BCUT2D eigenvalue weighted by molar-refractivity contribution is 5.66. The molecule has 35 heavy (non-hydrogen) atoms. The Morgan fingerprint density at radius 2 is 0.800 bits per heavy atom. The molecular weight excluding hydrogens is 440 g/mol. The molecule has 0 aromatic carbocycles. The summed E-state index contributed by atoms with van der Waals surface area (Å²) in [5.74, 6) is -0.777. The van der Waals surface area contributed by atoms with Crippen molar-refractivity contribution in [2.45, 2.75) is 135 Å². The largest absolute Gasteiger partial charge is 0.481 e. The van der Waals surface area contributed by atoms with Gasteiger partial charge in [-0.15, -0.1) is 6.58 Å². The lowest BCUT2D eigenvalue weighted by Gasteiger charge is -2.07. The molecule has 1 N–H and O–H groups in total. The van der Waals surface area contributed by atoms with Gasteiger partial charge in [-0.1, -0.05) is 109 Å². The van der Waals surface area contributed by atoms with Crippen molar-refractivity contribution in [2.24, 2.45) is 0 Å². The third kappa shape index (κ3) is 33.1. The monoisotopic (exact) mass is 498 g/mol. The van der Waals surface area contributed by atoms with E-state index in [-0.39, 0.29) is 6.42 Å². The molecule has 0 radical (unpaired) electrons. The molecule has 0 aliphatic carbocycles. The van der Waals surface area contributed by atoms with Gasteiger partial charge >= 0.3 is 5.97 Å². The van der Waals surface area contributed by atoms with Crippen LogP contribution >= 0.6 is 0 Å². The summed E-state index contributed by atoms with van der Waals surface area (Å²) in [4.78, 5) is 10.4. The summed E-state index contributed by atoms with van der Waals surface area (Å²) >= 11 is 0. The predicted octanol–water partition coefficient (Wildman–Crippen LogP) is 8.50. The van der Waals surface area contributed by atoms with E-state index in [2.05, 4.69) is 6.58 Å². The Morgan fingerprint density at radius 1 is 0.486 bits per heavy atom. The second-order valence-electron chi connectivity index (χ2n) is 9.78. The smallest absolute Gasteiger partial charge is 0.303 e. The maximum atomic E-state index is 10.4. The maximum absolute atomic E-state index is 10.4. The third-order valence-electron chi connectivity index (χ3n) is 6.37. The van der Waals surface area contributed by atoms with Crippen molar-refractivity contribution in [3.8, 4) is 0 Å². The Kier molecular flexibility index (Phi) is 30.3. The molecule has 0 heterocycles. The molecular formula is C30H58O5. The first-order chi connectivity index (χ1) is 17.3. The lowest BCUT2D eigenvalue weighted by atomic mass is 10.0. The van der Waals surface area contributed by atoms with Gasteiger partial charge in [0.25, 0.3) is 0 Å². The molecule has 0 aromatic rings. The van der Waals surface area contributed by atoms with Crippen LogP contribution < -0.4 is 0 Å². The first-order valence-corrected chi connectivity index (χ1v) is 14.8. The van der Waals surface area contributed by atoms with Gasteiger partial charge in [0.15, 0.2) is 0 Å². The van der Waals surface area contributed by atoms with Gasteiger partial charge in [-0.2, -0.15) is 0 Å². The number of ether oxygens (including phenoxy) is 3. The molecule has 0 saturated carbocycles. The second kappa shape index (κ2) is 31.1. The first-order valence-electron chi connectivity index (χ1n) is 14.8. The number of aliphatic carboxylic acids is 1. The molecule has 0 unspecified atom stereocenters. The maximum Gasteiger partial charge on any atom is 0.303 e. The van der Waals surface area contributed by atoms with E-state index in [1.807, 2.05) is 6.08 Å². The molecule has 0 bridgehead atoms. The zero-order chi connectivity index (χ0) is 25.5. The minimum atomic E-state index is -0.777. The van der Waals surface area contributed by atoms with Crippen LogP contribution in [-0.2, 0) is 19.0 Å². The molecule has 0 atom stereocenters. The van der Waals surface area contributed by atoms with Crippen LogP contribution in [0.2, 0.25) is 0 Å². The number of carbonyl (C=O) groups is 1. The van der Waals surface area contributed by atoms with Crippen LogP contribution in [0.3, 0.4) is 0 Å². The summed E-state index contributed by atoms with van der Waals surface area (Å²) in [6, 6.07) is 0. The standard InChI is InChI=1S/C30H58O5/c1-2-3-4-5-6-7-8-9-10-11-12-13-14-15-16-17-18-19-20-21-24-33-26-28-35-29-27-34-25-22-23-30(31)32/h2H,1,3-29H2,(H,31,32). The Morgan fingerprint density at radius 3 is 1.17 bits per heavy atom. The number of unbranched alkanes of at least 4 members (excludes halogenated alkanes) is 18. The average Bonchev–Trinajstić information content (AvgIpc) is 2.85. The first kappa shape index (κ1) is 34.1. The van der Waals surface area contributed by atoms with E-state index in [0.717, 1.165) is 13.0 Å². The van der Waals surface area contributed by atoms with Gasteiger partial charge in [0.05, 0.1) is 26.4 Å². The minimum absolute atomic E-state index is 0.159. The van der Waals surface area contributed by atoms with Crippen LogP contribution in [0.25, 0.3) is 0 Å². The highest BCUT2D eigenvalue weighted by Gasteiger charge is 1.98. The highest BCUT2D eigenvalue weighted by atomic mass is 16.5. The van der Waals surface area contributed by atoms with E-state index < -0.39 is 5.97 Å². The van der Waals surface area contributed by atoms with Gasteiger partial charge in [0.1, 0.15) is 0 Å². The highest BCUT2D eigenvalue weighted by Crippen LogP contribution is 2.14. The molecule has 5 heteroatoms. The predicted molar refractivity (Wildman–Crippen MR) is 147 cm³/mol. The fourth-order valence-corrected chi connectivity index (χ4v) is 4.19. The van der Waals surface area contributed by atoms with Gasteiger partial charge in [0, 0.05) is 19.6 Å². The quantitative estimate of drug-likeness (QED) is 0.0766. The van der Waals surface area contributed by atoms with Crippen molar-refractivity contribution < 1.29 is 24.1 Å². The van der Waals surface area contributed by atoms with Crippen LogP contribution in [-0.4, -0.2) is 50.7 Å². The van der Waals surface area contributed by atoms with Crippen molar-refractivity contribution in [1.82, 2.24) is 0 Å². The number of rotatable bonds is 31. The Bertz CT molecular complexity index is 427. The molecule has 0 aliphatic rings. The molecule has 0 rings (SSSR count). The number of hydrogen-bond acceptors (Lipinski definition) is 4. The molecule has 0 aromatic heterocycles. The van der Waals surface area contributed by atoms with Crippen molar-refractivity contribution >= 4 is 5.97 Å². The van der Waals surface area contributed by atoms with Crippen molar-refractivity contribution in [3.63, 3.8) is 0 Å². The summed E-state index contributed by atoms with van der Waals surface area (Å²) < 4.78 is 16.4. The van der Waals surface area contributed by atoms with Gasteiger partial charge in [-0.05, 0) is 25.7 Å². The van der Waals surface area contributed by atoms with Crippen LogP contribution in [0.5, 0.6) is 0 Å². The fraction of sp³-hybridized carbons (Fsp3) is 0.900. The van der Waals surface area contributed by atoms with Crippen LogP contribution in [0.4, 0.5) is 0 Å². The van der Waals surface area contributed by atoms with Crippen LogP contribution in [0.1, 0.15) is 135 Å². The molecule has 0 aliphatic heterocycles. The van der Waals surface area contributed by atoms with Gasteiger partial charge in [0.2, 0.25) is 0 Å². The lowest BCUT2D eigenvalue weighted by Crippen LogP contribution is -2.10. The normalized spacial score (nSPS) is 11.2. The Balaban J connectivity index is 3.02. The number of allylic oxidation sites excluding steroid dienone is 1. The van der Waals surface area contributed by atoms with E-state index in [9.17, 15) is 4.79 Å². The number of hydrogen-bond donors (Lipinski definition) is 1. The summed E-state index contributed by atoms with van der Waals surface area (Å²) in [6.45, 7) is 7.36. The van der Waals surface area contributed by atoms with Gasteiger partial charge in [-0.25, -0.2) is 0 Å². The summed E-state index contributed by atoms with van der Waals surface area (Å²) in [6.07, 6.45) is 28.8. The minimum Gasteiger partial charge on any atom is -0.481 e. The molecule has 0 saturated heterocycles. The van der Waals surface area contributed by atoms with E-state index in [4.69, 9.17) is 19.3 Å². The summed E-state index contributed by atoms with van der Waals surface area (Å²) in [5.41, 5.74) is 0. The average molecular weight is 499 g/mol. The summed E-state index contributed by atoms with van der Waals surface area (Å²) in [7, 11) is 0. The zero-order valence-electron chi connectivity index (χ0n) is 23.0. The Labute approximate surface area is 217 Å². The molecule has 0 spiro atoms. The van der Waals surface area contributed by atoms with E-state index in [1.54, 1.807) is 0 Å². The Hall–Kier alpha value is -0.910. The SMILES string of the molecule is C=CCCCCCCCCCCCCCCCCCCCCOCCOCCOCCCC(=O)O. The third-order valence-corrected chi connectivity index (χ3v) is 6.37. The number of carboxylic acids is 1. The van der Waals surface area contributed by atoms with Gasteiger partial charge in [-0.3, -0.25) is 4.79 Å². The van der Waals surface area contributed by atoms with Crippen molar-refractivity contribution in [2.75, 3.05) is 39.6 Å². The molecule has 208 valence electrons. The molecule has 0 amide bonds.